The molecule has 1 saturated carbocycles. The van der Waals surface area contributed by atoms with E-state index in [-0.39, 0.29) is 0 Å². The van der Waals surface area contributed by atoms with Gasteiger partial charge in [0.2, 0.25) is 0 Å². The summed E-state index contributed by atoms with van der Waals surface area (Å²) in [6, 6.07) is 0. The molecule has 2 heterocycles. The quantitative estimate of drug-likeness (QED) is 0.665. The maximum atomic E-state index is 10.7. The summed E-state index contributed by atoms with van der Waals surface area (Å²) in [4.78, 5) is 15.1. The van der Waals surface area contributed by atoms with Crippen molar-refractivity contribution in [1.82, 2.24) is 20.1 Å². The SMILES string of the molecule is O=C(O)N1C[C@@H]2[C@H](C1)[C@H]2c1nnc[nH]1. The maximum absolute atomic E-state index is 10.7. The molecule has 1 aromatic heterocycles. The van der Waals surface area contributed by atoms with Crippen molar-refractivity contribution in [1.29, 1.82) is 0 Å². The number of aromatic nitrogens is 3. The first-order chi connectivity index (χ1) is 6.77. The van der Waals surface area contributed by atoms with E-state index in [9.17, 15) is 4.79 Å². The van der Waals surface area contributed by atoms with Crippen LogP contribution in [0.4, 0.5) is 4.79 Å². The average molecular weight is 194 g/mol. The molecule has 3 atom stereocenters. The van der Waals surface area contributed by atoms with Gasteiger partial charge < -0.3 is 15.0 Å². The third kappa shape index (κ3) is 0.934. The summed E-state index contributed by atoms with van der Waals surface area (Å²) < 4.78 is 0. The van der Waals surface area contributed by atoms with Crippen LogP contribution in [0.5, 0.6) is 0 Å². The van der Waals surface area contributed by atoms with Gasteiger partial charge in [-0.25, -0.2) is 4.79 Å². The molecule has 2 aliphatic rings. The second-order valence-electron chi connectivity index (χ2n) is 3.92. The van der Waals surface area contributed by atoms with Gasteiger partial charge in [-0.3, -0.25) is 0 Å². The molecule has 1 amide bonds. The van der Waals surface area contributed by atoms with Crippen molar-refractivity contribution in [2.75, 3.05) is 13.1 Å². The molecule has 1 aliphatic heterocycles. The molecule has 14 heavy (non-hydrogen) atoms. The highest BCUT2D eigenvalue weighted by Crippen LogP contribution is 2.56. The minimum absolute atomic E-state index is 0.410. The van der Waals surface area contributed by atoms with Crippen LogP contribution in [0.15, 0.2) is 6.33 Å². The lowest BCUT2D eigenvalue weighted by Crippen LogP contribution is -2.29. The Balaban J connectivity index is 1.70. The van der Waals surface area contributed by atoms with Crippen LogP contribution in [0.25, 0.3) is 0 Å². The number of hydrogen-bond acceptors (Lipinski definition) is 3. The van der Waals surface area contributed by atoms with Crippen molar-refractivity contribution in [3.63, 3.8) is 0 Å². The number of nitrogens with zero attached hydrogens (tertiary/aromatic N) is 3. The number of amides is 1. The van der Waals surface area contributed by atoms with Crippen molar-refractivity contribution in [2.24, 2.45) is 11.8 Å². The predicted octanol–water partition coefficient (Wildman–Crippen LogP) is 0.128. The van der Waals surface area contributed by atoms with Crippen molar-refractivity contribution in [2.45, 2.75) is 5.92 Å². The van der Waals surface area contributed by atoms with E-state index >= 15 is 0 Å². The highest BCUT2D eigenvalue weighted by molar-refractivity contribution is 5.66. The number of fused-ring (bicyclic) bond motifs is 1. The number of carbonyl (C=O) groups is 1. The molecule has 2 N–H and O–H groups in total. The molecular formula is C8H10N4O2. The van der Waals surface area contributed by atoms with Crippen molar-refractivity contribution in [3.8, 4) is 0 Å². The van der Waals surface area contributed by atoms with Crippen LogP contribution in [0.1, 0.15) is 11.7 Å². The normalized spacial score (nSPS) is 34.3. The lowest BCUT2D eigenvalue weighted by Gasteiger charge is -2.14. The Labute approximate surface area is 79.9 Å². The maximum Gasteiger partial charge on any atom is 0.407 e. The first-order valence-corrected chi connectivity index (χ1v) is 4.61. The Morgan fingerprint density at radius 2 is 2.29 bits per heavy atom. The first kappa shape index (κ1) is 7.78. The van der Waals surface area contributed by atoms with Crippen LogP contribution in [-0.2, 0) is 0 Å². The molecule has 1 saturated heterocycles. The standard InChI is InChI=1S/C8H10N4O2/c13-8(14)12-1-4-5(2-12)6(4)7-9-3-10-11-7/h3-6H,1-2H2,(H,13,14)(H,9,10,11)/t4-,5+,6+. The van der Waals surface area contributed by atoms with Gasteiger partial charge in [-0.2, -0.15) is 0 Å². The summed E-state index contributed by atoms with van der Waals surface area (Å²) in [5.74, 6) is 2.23. The number of H-pyrrole nitrogens is 1. The molecule has 0 spiro atoms. The zero-order chi connectivity index (χ0) is 9.71. The zero-order valence-electron chi connectivity index (χ0n) is 7.42. The summed E-state index contributed by atoms with van der Waals surface area (Å²) >= 11 is 0. The lowest BCUT2D eigenvalue weighted by atomic mass is 10.2. The molecule has 1 aromatic rings. The smallest absolute Gasteiger partial charge is 0.407 e. The van der Waals surface area contributed by atoms with Gasteiger partial charge in [0.25, 0.3) is 0 Å². The molecule has 0 radical (unpaired) electrons. The van der Waals surface area contributed by atoms with Gasteiger partial charge in [0.15, 0.2) is 0 Å². The van der Waals surface area contributed by atoms with Crippen LogP contribution < -0.4 is 0 Å². The number of aromatic amines is 1. The van der Waals surface area contributed by atoms with Crippen LogP contribution in [-0.4, -0.2) is 44.4 Å². The summed E-state index contributed by atoms with van der Waals surface area (Å²) in [7, 11) is 0. The van der Waals surface area contributed by atoms with Gasteiger partial charge >= 0.3 is 6.09 Å². The van der Waals surface area contributed by atoms with Crippen molar-refractivity contribution in [3.05, 3.63) is 12.2 Å². The molecular weight excluding hydrogens is 184 g/mol. The highest BCUT2D eigenvalue weighted by Gasteiger charge is 2.58. The minimum atomic E-state index is -0.812. The number of hydrogen-bond donors (Lipinski definition) is 2. The summed E-state index contributed by atoms with van der Waals surface area (Å²) in [6.07, 6.45) is 0.756. The summed E-state index contributed by atoms with van der Waals surface area (Å²) in [6.45, 7) is 1.29. The number of carboxylic acid groups (broad SMARTS) is 1. The fourth-order valence-electron chi connectivity index (χ4n) is 2.47. The summed E-state index contributed by atoms with van der Waals surface area (Å²) in [5.41, 5.74) is 0. The molecule has 6 heteroatoms. The molecule has 2 fully saturated rings. The molecule has 0 aromatic carbocycles. The molecule has 74 valence electrons. The number of likely N-dealkylation sites (tertiary alicyclic amines) is 1. The third-order valence-corrected chi connectivity index (χ3v) is 3.22. The Hall–Kier alpha value is -1.59. The van der Waals surface area contributed by atoms with Crippen LogP contribution in [0.2, 0.25) is 0 Å². The first-order valence-electron chi connectivity index (χ1n) is 4.61. The molecule has 0 bridgehead atoms. The lowest BCUT2D eigenvalue weighted by molar-refractivity contribution is 0.150. The second-order valence-corrected chi connectivity index (χ2v) is 3.92. The van der Waals surface area contributed by atoms with Crippen LogP contribution in [0.3, 0.4) is 0 Å². The summed E-state index contributed by atoms with van der Waals surface area (Å²) in [5, 5.41) is 16.4. The topological polar surface area (TPSA) is 82.1 Å². The highest BCUT2D eigenvalue weighted by atomic mass is 16.4. The van der Waals surface area contributed by atoms with E-state index in [1.807, 2.05) is 0 Å². The van der Waals surface area contributed by atoms with E-state index in [2.05, 4.69) is 15.2 Å². The van der Waals surface area contributed by atoms with Crippen LogP contribution >= 0.6 is 0 Å². The fourth-order valence-corrected chi connectivity index (χ4v) is 2.47. The molecule has 1 aliphatic carbocycles. The van der Waals surface area contributed by atoms with Gasteiger partial charge in [-0.15, -0.1) is 10.2 Å². The van der Waals surface area contributed by atoms with E-state index < -0.39 is 6.09 Å². The number of piperidine rings is 1. The van der Waals surface area contributed by atoms with E-state index in [0.29, 0.717) is 30.8 Å². The fraction of sp³-hybridized carbons (Fsp3) is 0.625. The number of rotatable bonds is 1. The predicted molar refractivity (Wildman–Crippen MR) is 45.7 cm³/mol. The van der Waals surface area contributed by atoms with Crippen molar-refractivity contribution < 1.29 is 9.90 Å². The zero-order valence-corrected chi connectivity index (χ0v) is 7.42. The van der Waals surface area contributed by atoms with E-state index in [1.54, 1.807) is 6.33 Å². The van der Waals surface area contributed by atoms with Gasteiger partial charge in [0, 0.05) is 19.0 Å². The monoisotopic (exact) mass is 194 g/mol. The van der Waals surface area contributed by atoms with E-state index in [1.165, 1.54) is 4.90 Å². The number of nitrogens with one attached hydrogen (secondary N) is 1. The molecule has 0 unspecified atom stereocenters. The van der Waals surface area contributed by atoms with Crippen molar-refractivity contribution >= 4 is 6.09 Å². The van der Waals surface area contributed by atoms with Gasteiger partial charge in [-0.1, -0.05) is 0 Å². The minimum Gasteiger partial charge on any atom is -0.465 e. The second kappa shape index (κ2) is 2.46. The van der Waals surface area contributed by atoms with E-state index in [0.717, 1.165) is 5.82 Å². The van der Waals surface area contributed by atoms with Crippen LogP contribution in [0, 0.1) is 11.8 Å². The van der Waals surface area contributed by atoms with Gasteiger partial charge in [0.1, 0.15) is 12.2 Å². The average Bonchev–Trinajstić information content (AvgIpc) is 2.66. The Morgan fingerprint density at radius 1 is 1.57 bits per heavy atom. The van der Waals surface area contributed by atoms with Gasteiger partial charge in [-0.05, 0) is 11.8 Å². The molecule has 3 rings (SSSR count). The van der Waals surface area contributed by atoms with E-state index in [4.69, 9.17) is 5.11 Å². The Bertz CT molecular complexity index is 351. The van der Waals surface area contributed by atoms with Gasteiger partial charge in [0.05, 0.1) is 0 Å². The Kier molecular flexibility index (Phi) is 1.37. The Morgan fingerprint density at radius 3 is 2.79 bits per heavy atom. The largest absolute Gasteiger partial charge is 0.465 e. The molecule has 6 nitrogen and oxygen atoms in total. The third-order valence-electron chi connectivity index (χ3n) is 3.22.